The SMILES string of the molecule is CCCCC(C)NS(=O)(=O)c1cc(CO)sc1Br. The van der Waals surface area contributed by atoms with Gasteiger partial charge in [0.25, 0.3) is 0 Å². The van der Waals surface area contributed by atoms with Crippen molar-refractivity contribution in [1.29, 1.82) is 0 Å². The van der Waals surface area contributed by atoms with E-state index in [2.05, 4.69) is 27.6 Å². The van der Waals surface area contributed by atoms with Crippen LogP contribution in [0.5, 0.6) is 0 Å². The number of halogens is 1. The van der Waals surface area contributed by atoms with Gasteiger partial charge in [-0.15, -0.1) is 11.3 Å². The fourth-order valence-corrected chi connectivity index (χ4v) is 5.38. The van der Waals surface area contributed by atoms with Gasteiger partial charge in [-0.2, -0.15) is 0 Å². The van der Waals surface area contributed by atoms with Gasteiger partial charge in [-0.3, -0.25) is 0 Å². The van der Waals surface area contributed by atoms with Gasteiger partial charge in [0.2, 0.25) is 10.0 Å². The van der Waals surface area contributed by atoms with E-state index in [9.17, 15) is 8.42 Å². The lowest BCUT2D eigenvalue weighted by Gasteiger charge is -2.13. The summed E-state index contributed by atoms with van der Waals surface area (Å²) in [6, 6.07) is 1.42. The van der Waals surface area contributed by atoms with Crippen LogP contribution in [0.15, 0.2) is 14.7 Å². The molecule has 4 nitrogen and oxygen atoms in total. The Morgan fingerprint density at radius 1 is 1.56 bits per heavy atom. The maximum atomic E-state index is 12.1. The third kappa shape index (κ3) is 4.31. The molecule has 0 aliphatic carbocycles. The van der Waals surface area contributed by atoms with Crippen molar-refractivity contribution in [1.82, 2.24) is 4.72 Å². The Labute approximate surface area is 121 Å². The van der Waals surface area contributed by atoms with Crippen LogP contribution in [0.3, 0.4) is 0 Å². The first-order valence-corrected chi connectivity index (χ1v) is 8.91. The Hall–Kier alpha value is 0.0500. The number of rotatable bonds is 7. The Balaban J connectivity index is 2.82. The Morgan fingerprint density at radius 2 is 2.22 bits per heavy atom. The smallest absolute Gasteiger partial charge is 0.242 e. The van der Waals surface area contributed by atoms with Crippen molar-refractivity contribution < 1.29 is 13.5 Å². The highest BCUT2D eigenvalue weighted by atomic mass is 79.9. The zero-order valence-corrected chi connectivity index (χ0v) is 13.7. The molecular formula is C11H18BrNO3S2. The quantitative estimate of drug-likeness (QED) is 0.790. The predicted octanol–water partition coefficient (Wildman–Crippen LogP) is 2.86. The predicted molar refractivity (Wildman–Crippen MR) is 77.3 cm³/mol. The molecule has 0 amide bonds. The lowest BCUT2D eigenvalue weighted by atomic mass is 10.2. The Kier molecular flexibility index (Phi) is 6.26. The molecule has 0 bridgehead atoms. The monoisotopic (exact) mass is 355 g/mol. The van der Waals surface area contributed by atoms with Crippen molar-refractivity contribution in [3.63, 3.8) is 0 Å². The molecule has 1 aromatic rings. The molecule has 0 saturated heterocycles. The molecule has 104 valence electrons. The Morgan fingerprint density at radius 3 is 2.72 bits per heavy atom. The van der Waals surface area contributed by atoms with E-state index in [0.717, 1.165) is 19.3 Å². The summed E-state index contributed by atoms with van der Waals surface area (Å²) in [5.41, 5.74) is 0. The number of hydrogen-bond acceptors (Lipinski definition) is 4. The molecule has 0 aromatic carbocycles. The van der Waals surface area contributed by atoms with Crippen LogP contribution >= 0.6 is 27.3 Å². The van der Waals surface area contributed by atoms with E-state index in [0.29, 0.717) is 8.66 Å². The van der Waals surface area contributed by atoms with Crippen LogP contribution in [0.2, 0.25) is 0 Å². The van der Waals surface area contributed by atoms with Crippen LogP contribution in [-0.2, 0) is 16.6 Å². The number of nitrogens with one attached hydrogen (secondary N) is 1. The van der Waals surface area contributed by atoms with Crippen molar-refractivity contribution in [2.45, 2.75) is 50.7 Å². The number of unbranched alkanes of at least 4 members (excludes halogenated alkanes) is 1. The highest BCUT2D eigenvalue weighted by Gasteiger charge is 2.22. The lowest BCUT2D eigenvalue weighted by molar-refractivity contribution is 0.285. The van der Waals surface area contributed by atoms with E-state index in [1.54, 1.807) is 0 Å². The van der Waals surface area contributed by atoms with Crippen molar-refractivity contribution in [3.05, 3.63) is 14.7 Å². The minimum absolute atomic E-state index is 0.0840. The molecule has 1 heterocycles. The van der Waals surface area contributed by atoms with Gasteiger partial charge >= 0.3 is 0 Å². The van der Waals surface area contributed by atoms with Crippen LogP contribution in [0.1, 0.15) is 38.0 Å². The lowest BCUT2D eigenvalue weighted by Crippen LogP contribution is -2.32. The summed E-state index contributed by atoms with van der Waals surface area (Å²) in [7, 11) is -3.51. The Bertz CT molecular complexity index is 484. The van der Waals surface area contributed by atoms with Gasteiger partial charge in [0.1, 0.15) is 4.90 Å². The first-order chi connectivity index (χ1) is 8.40. The van der Waals surface area contributed by atoms with E-state index in [-0.39, 0.29) is 17.5 Å². The van der Waals surface area contributed by atoms with Gasteiger partial charge in [-0.1, -0.05) is 19.8 Å². The molecule has 0 radical (unpaired) electrons. The number of hydrogen-bond donors (Lipinski definition) is 2. The molecule has 0 aliphatic heterocycles. The van der Waals surface area contributed by atoms with Crippen molar-refractivity contribution >= 4 is 37.3 Å². The molecule has 0 aliphatic rings. The largest absolute Gasteiger partial charge is 0.391 e. The van der Waals surface area contributed by atoms with Crippen molar-refractivity contribution in [2.75, 3.05) is 0 Å². The van der Waals surface area contributed by atoms with E-state index >= 15 is 0 Å². The number of aliphatic hydroxyl groups is 1. The van der Waals surface area contributed by atoms with Gasteiger partial charge in [0.05, 0.1) is 10.4 Å². The molecule has 0 spiro atoms. The molecule has 18 heavy (non-hydrogen) atoms. The molecule has 0 fully saturated rings. The van der Waals surface area contributed by atoms with E-state index < -0.39 is 10.0 Å². The first kappa shape index (κ1) is 16.1. The normalized spacial score (nSPS) is 13.8. The maximum absolute atomic E-state index is 12.1. The van der Waals surface area contributed by atoms with E-state index in [4.69, 9.17) is 5.11 Å². The first-order valence-electron chi connectivity index (χ1n) is 5.82. The molecule has 2 N–H and O–H groups in total. The summed E-state index contributed by atoms with van der Waals surface area (Å²) in [5, 5.41) is 9.01. The number of sulfonamides is 1. The van der Waals surface area contributed by atoms with Crippen LogP contribution in [0, 0.1) is 0 Å². The number of aliphatic hydroxyl groups excluding tert-OH is 1. The third-order valence-electron chi connectivity index (χ3n) is 2.50. The molecule has 1 aromatic heterocycles. The zero-order valence-electron chi connectivity index (χ0n) is 10.4. The number of thiophene rings is 1. The summed E-state index contributed by atoms with van der Waals surface area (Å²) >= 11 is 4.46. The van der Waals surface area contributed by atoms with Crippen LogP contribution < -0.4 is 4.72 Å². The molecule has 1 rings (SSSR count). The van der Waals surface area contributed by atoms with Crippen LogP contribution in [0.25, 0.3) is 0 Å². The average molecular weight is 356 g/mol. The van der Waals surface area contributed by atoms with Gasteiger partial charge in [0, 0.05) is 10.9 Å². The molecule has 7 heteroatoms. The highest BCUT2D eigenvalue weighted by molar-refractivity contribution is 9.11. The van der Waals surface area contributed by atoms with Crippen molar-refractivity contribution in [2.24, 2.45) is 0 Å². The standard InChI is InChI=1S/C11H18BrNO3S2/c1-3-4-5-8(2)13-18(15,16)10-6-9(7-14)17-11(10)12/h6,8,13-14H,3-5,7H2,1-2H3. The molecule has 0 saturated carbocycles. The summed E-state index contributed by atoms with van der Waals surface area (Å²) in [6.07, 6.45) is 2.86. The fourth-order valence-electron chi connectivity index (χ4n) is 1.56. The minimum atomic E-state index is -3.51. The molecular weight excluding hydrogens is 338 g/mol. The topological polar surface area (TPSA) is 66.4 Å². The van der Waals surface area contributed by atoms with E-state index in [1.807, 2.05) is 6.92 Å². The molecule has 1 unspecified atom stereocenters. The maximum Gasteiger partial charge on any atom is 0.242 e. The van der Waals surface area contributed by atoms with Gasteiger partial charge < -0.3 is 5.11 Å². The van der Waals surface area contributed by atoms with Crippen LogP contribution in [-0.4, -0.2) is 19.6 Å². The van der Waals surface area contributed by atoms with Gasteiger partial charge in [0.15, 0.2) is 0 Å². The summed E-state index contributed by atoms with van der Waals surface area (Å²) in [4.78, 5) is 0.836. The summed E-state index contributed by atoms with van der Waals surface area (Å²) in [6.45, 7) is 3.79. The molecule has 1 atom stereocenters. The second-order valence-corrected chi connectivity index (χ2v) is 8.31. The fraction of sp³-hybridized carbons (Fsp3) is 0.636. The van der Waals surface area contributed by atoms with Crippen molar-refractivity contribution in [3.8, 4) is 0 Å². The van der Waals surface area contributed by atoms with Crippen LogP contribution in [0.4, 0.5) is 0 Å². The highest BCUT2D eigenvalue weighted by Crippen LogP contribution is 2.31. The van der Waals surface area contributed by atoms with E-state index in [1.165, 1.54) is 17.4 Å². The second-order valence-electron chi connectivity index (χ2n) is 4.17. The van der Waals surface area contributed by atoms with Gasteiger partial charge in [-0.25, -0.2) is 13.1 Å². The zero-order chi connectivity index (χ0) is 13.8. The third-order valence-corrected chi connectivity index (χ3v) is 6.33. The minimum Gasteiger partial charge on any atom is -0.391 e. The second kappa shape index (κ2) is 7.00. The summed E-state index contributed by atoms with van der Waals surface area (Å²) < 4.78 is 27.5. The average Bonchev–Trinajstić information content (AvgIpc) is 2.68. The summed E-state index contributed by atoms with van der Waals surface area (Å²) in [5.74, 6) is 0. The van der Waals surface area contributed by atoms with Gasteiger partial charge in [-0.05, 0) is 35.3 Å².